The van der Waals surface area contributed by atoms with Crippen molar-refractivity contribution in [3.8, 4) is 11.5 Å². The molecule has 0 radical (unpaired) electrons. The first kappa shape index (κ1) is 19.2. The fraction of sp³-hybridized carbons (Fsp3) is 0.381. The van der Waals surface area contributed by atoms with Crippen LogP contribution in [0.4, 0.5) is 5.69 Å². The maximum absolute atomic E-state index is 12.5. The van der Waals surface area contributed by atoms with Crippen molar-refractivity contribution in [3.05, 3.63) is 54.1 Å². The standard InChI is InChI=1S/C21H27N3O3/c22-10-12-24(11-9-17-5-2-1-3-6-17)16-21(25)23-18-7-8-19-20(15-18)27-14-4-13-26-19/h1-3,5-8,15H,4,9-14,16,22H2,(H,23,25). The van der Waals surface area contributed by atoms with Crippen molar-refractivity contribution < 1.29 is 14.3 Å². The Labute approximate surface area is 160 Å². The molecule has 0 aromatic heterocycles. The molecule has 0 saturated carbocycles. The number of nitrogens with two attached hydrogens (primary N) is 1. The van der Waals surface area contributed by atoms with E-state index in [-0.39, 0.29) is 5.91 Å². The lowest BCUT2D eigenvalue weighted by Crippen LogP contribution is -2.38. The number of rotatable bonds is 8. The quantitative estimate of drug-likeness (QED) is 0.747. The monoisotopic (exact) mass is 369 g/mol. The summed E-state index contributed by atoms with van der Waals surface area (Å²) < 4.78 is 11.3. The van der Waals surface area contributed by atoms with Crippen LogP contribution >= 0.6 is 0 Å². The van der Waals surface area contributed by atoms with Crippen molar-refractivity contribution in [3.63, 3.8) is 0 Å². The molecule has 1 heterocycles. The van der Waals surface area contributed by atoms with Crippen LogP contribution in [0.5, 0.6) is 11.5 Å². The molecular weight excluding hydrogens is 342 g/mol. The van der Waals surface area contributed by atoms with Gasteiger partial charge in [0.2, 0.25) is 5.91 Å². The zero-order valence-electron chi connectivity index (χ0n) is 15.5. The third-order valence-electron chi connectivity index (χ3n) is 4.40. The Kier molecular flexibility index (Phi) is 7.07. The van der Waals surface area contributed by atoms with E-state index >= 15 is 0 Å². The summed E-state index contributed by atoms with van der Waals surface area (Å²) in [7, 11) is 0. The van der Waals surface area contributed by atoms with Gasteiger partial charge >= 0.3 is 0 Å². The van der Waals surface area contributed by atoms with Crippen LogP contribution in [0, 0.1) is 0 Å². The number of nitrogens with zero attached hydrogens (tertiary/aromatic N) is 1. The zero-order valence-corrected chi connectivity index (χ0v) is 15.5. The summed E-state index contributed by atoms with van der Waals surface area (Å²) in [6.07, 6.45) is 1.74. The number of ether oxygens (including phenoxy) is 2. The number of carbonyl (C=O) groups excluding carboxylic acids is 1. The molecule has 1 aliphatic heterocycles. The molecule has 0 aliphatic carbocycles. The Hall–Kier alpha value is -2.57. The number of benzene rings is 2. The van der Waals surface area contributed by atoms with Gasteiger partial charge in [-0.25, -0.2) is 0 Å². The molecule has 0 spiro atoms. The molecule has 2 aromatic rings. The Morgan fingerprint density at radius 2 is 1.81 bits per heavy atom. The summed E-state index contributed by atoms with van der Waals surface area (Å²) in [6, 6.07) is 15.7. The molecule has 6 heteroatoms. The van der Waals surface area contributed by atoms with Gasteiger partial charge in [0, 0.05) is 37.8 Å². The largest absolute Gasteiger partial charge is 0.490 e. The first-order valence-electron chi connectivity index (χ1n) is 9.40. The Bertz CT molecular complexity index is 737. The minimum atomic E-state index is -0.0639. The van der Waals surface area contributed by atoms with E-state index < -0.39 is 0 Å². The Balaban J connectivity index is 1.55. The first-order valence-corrected chi connectivity index (χ1v) is 9.40. The summed E-state index contributed by atoms with van der Waals surface area (Å²) in [5, 5.41) is 2.94. The maximum Gasteiger partial charge on any atom is 0.238 e. The van der Waals surface area contributed by atoms with Crippen LogP contribution in [0.1, 0.15) is 12.0 Å². The van der Waals surface area contributed by atoms with Gasteiger partial charge < -0.3 is 20.5 Å². The molecule has 0 bridgehead atoms. The predicted molar refractivity (Wildman–Crippen MR) is 106 cm³/mol. The fourth-order valence-corrected chi connectivity index (χ4v) is 3.03. The number of carbonyl (C=O) groups is 1. The van der Waals surface area contributed by atoms with Crippen molar-refractivity contribution in [2.45, 2.75) is 12.8 Å². The summed E-state index contributed by atoms with van der Waals surface area (Å²) in [5.41, 5.74) is 7.67. The van der Waals surface area contributed by atoms with Crippen LogP contribution < -0.4 is 20.5 Å². The van der Waals surface area contributed by atoms with E-state index in [0.717, 1.165) is 25.1 Å². The number of amides is 1. The van der Waals surface area contributed by atoms with E-state index in [9.17, 15) is 4.79 Å². The minimum Gasteiger partial charge on any atom is -0.490 e. The lowest BCUT2D eigenvalue weighted by atomic mass is 10.1. The molecule has 0 fully saturated rings. The molecule has 0 unspecified atom stereocenters. The van der Waals surface area contributed by atoms with Crippen LogP contribution in [0.2, 0.25) is 0 Å². The van der Waals surface area contributed by atoms with Crippen molar-refractivity contribution in [1.82, 2.24) is 4.90 Å². The van der Waals surface area contributed by atoms with Crippen LogP contribution in [0.15, 0.2) is 48.5 Å². The fourth-order valence-electron chi connectivity index (χ4n) is 3.03. The van der Waals surface area contributed by atoms with E-state index in [1.165, 1.54) is 5.56 Å². The normalized spacial score (nSPS) is 13.3. The van der Waals surface area contributed by atoms with Gasteiger partial charge in [0.15, 0.2) is 11.5 Å². The summed E-state index contributed by atoms with van der Waals surface area (Å²) in [6.45, 7) is 3.56. The van der Waals surface area contributed by atoms with Crippen molar-refractivity contribution in [1.29, 1.82) is 0 Å². The van der Waals surface area contributed by atoms with Gasteiger partial charge in [-0.2, -0.15) is 0 Å². The highest BCUT2D eigenvalue weighted by molar-refractivity contribution is 5.92. The lowest BCUT2D eigenvalue weighted by Gasteiger charge is -2.21. The number of nitrogens with one attached hydrogen (secondary N) is 1. The molecular formula is C21H27N3O3. The molecule has 0 atom stereocenters. The van der Waals surface area contributed by atoms with E-state index in [0.29, 0.717) is 44.3 Å². The van der Waals surface area contributed by atoms with E-state index in [2.05, 4.69) is 22.3 Å². The third kappa shape index (κ3) is 5.98. The number of hydrogen-bond donors (Lipinski definition) is 2. The highest BCUT2D eigenvalue weighted by atomic mass is 16.5. The van der Waals surface area contributed by atoms with Crippen molar-refractivity contribution in [2.24, 2.45) is 5.73 Å². The second kappa shape index (κ2) is 9.94. The summed E-state index contributed by atoms with van der Waals surface area (Å²) in [5.74, 6) is 1.33. The van der Waals surface area contributed by atoms with Crippen molar-refractivity contribution >= 4 is 11.6 Å². The van der Waals surface area contributed by atoms with Crippen molar-refractivity contribution in [2.75, 3.05) is 44.7 Å². The molecule has 2 aromatic carbocycles. The van der Waals surface area contributed by atoms with Gasteiger partial charge in [-0.15, -0.1) is 0 Å². The molecule has 144 valence electrons. The van der Waals surface area contributed by atoms with Gasteiger partial charge in [0.25, 0.3) is 0 Å². The molecule has 3 N–H and O–H groups in total. The molecule has 0 saturated heterocycles. The first-order chi connectivity index (χ1) is 13.2. The highest BCUT2D eigenvalue weighted by Gasteiger charge is 2.14. The van der Waals surface area contributed by atoms with E-state index in [4.69, 9.17) is 15.2 Å². The van der Waals surface area contributed by atoms with Gasteiger partial charge in [0.05, 0.1) is 19.8 Å². The average molecular weight is 369 g/mol. The number of hydrogen-bond acceptors (Lipinski definition) is 5. The second-order valence-corrected chi connectivity index (χ2v) is 6.56. The predicted octanol–water partition coefficient (Wildman–Crippen LogP) is 2.29. The summed E-state index contributed by atoms with van der Waals surface area (Å²) >= 11 is 0. The van der Waals surface area contributed by atoms with Crippen LogP contribution in [0.25, 0.3) is 0 Å². The highest BCUT2D eigenvalue weighted by Crippen LogP contribution is 2.32. The third-order valence-corrected chi connectivity index (χ3v) is 4.40. The molecule has 6 nitrogen and oxygen atoms in total. The topological polar surface area (TPSA) is 76.8 Å². The summed E-state index contributed by atoms with van der Waals surface area (Å²) in [4.78, 5) is 14.6. The van der Waals surface area contributed by atoms with E-state index in [1.807, 2.05) is 36.4 Å². The van der Waals surface area contributed by atoms with Gasteiger partial charge in [-0.05, 0) is 24.1 Å². The number of fused-ring (bicyclic) bond motifs is 1. The zero-order chi connectivity index (χ0) is 18.9. The van der Waals surface area contributed by atoms with E-state index in [1.54, 1.807) is 0 Å². The van der Waals surface area contributed by atoms with Gasteiger partial charge in [-0.1, -0.05) is 30.3 Å². The SMILES string of the molecule is NCCN(CCc1ccccc1)CC(=O)Nc1ccc2c(c1)OCCCO2. The second-order valence-electron chi connectivity index (χ2n) is 6.56. The molecule has 3 rings (SSSR count). The smallest absolute Gasteiger partial charge is 0.238 e. The van der Waals surface area contributed by atoms with Crippen LogP contribution in [0.3, 0.4) is 0 Å². The van der Waals surface area contributed by atoms with Crippen LogP contribution in [-0.2, 0) is 11.2 Å². The number of anilines is 1. The Morgan fingerprint density at radius 3 is 2.59 bits per heavy atom. The Morgan fingerprint density at radius 1 is 1.04 bits per heavy atom. The van der Waals surface area contributed by atoms with Gasteiger partial charge in [0.1, 0.15) is 0 Å². The average Bonchev–Trinajstić information content (AvgIpc) is 2.92. The lowest BCUT2D eigenvalue weighted by molar-refractivity contribution is -0.117. The van der Waals surface area contributed by atoms with Crippen LogP contribution in [-0.4, -0.2) is 50.2 Å². The van der Waals surface area contributed by atoms with Gasteiger partial charge in [-0.3, -0.25) is 9.69 Å². The molecule has 1 aliphatic rings. The molecule has 27 heavy (non-hydrogen) atoms. The molecule has 1 amide bonds. The minimum absolute atomic E-state index is 0.0639. The maximum atomic E-state index is 12.5.